The number of aromatic nitrogens is 1. The number of aliphatic hydroxyl groups excluding tert-OH is 1. The van der Waals surface area contributed by atoms with Crippen LogP contribution < -0.4 is 5.32 Å². The van der Waals surface area contributed by atoms with Crippen LogP contribution in [0.5, 0.6) is 0 Å². The van der Waals surface area contributed by atoms with Gasteiger partial charge in [-0.15, -0.1) is 0 Å². The van der Waals surface area contributed by atoms with Crippen molar-refractivity contribution in [3.8, 4) is 0 Å². The van der Waals surface area contributed by atoms with Crippen molar-refractivity contribution in [2.45, 2.75) is 44.9 Å². The number of pyridine rings is 1. The second-order valence-electron chi connectivity index (χ2n) is 10.1. The van der Waals surface area contributed by atoms with Gasteiger partial charge >= 0.3 is 0 Å². The molecule has 1 amide bonds. The summed E-state index contributed by atoms with van der Waals surface area (Å²) in [6.07, 6.45) is 10.7. The number of rotatable bonds is 7. The van der Waals surface area contributed by atoms with E-state index in [2.05, 4.69) is 35.4 Å². The van der Waals surface area contributed by atoms with Crippen molar-refractivity contribution < 1.29 is 19.0 Å². The van der Waals surface area contributed by atoms with Crippen LogP contribution in [0.25, 0.3) is 5.57 Å². The number of allylic oxidation sites excluding steroid dienone is 2. The highest BCUT2D eigenvalue weighted by Gasteiger charge is 2.52. The molecule has 0 saturated heterocycles. The number of hydrogen-bond acceptors (Lipinski definition) is 4. The van der Waals surface area contributed by atoms with E-state index in [4.69, 9.17) is 9.84 Å². The lowest BCUT2D eigenvalue weighted by Crippen LogP contribution is -2.41. The van der Waals surface area contributed by atoms with Gasteiger partial charge in [-0.2, -0.15) is 0 Å². The van der Waals surface area contributed by atoms with E-state index in [0.717, 1.165) is 37.7 Å². The topological polar surface area (TPSA) is 71.5 Å². The molecule has 2 aromatic rings. The van der Waals surface area contributed by atoms with Crippen LogP contribution >= 0.6 is 0 Å². The number of nitrogens with zero attached hydrogens (tertiary/aromatic N) is 1. The summed E-state index contributed by atoms with van der Waals surface area (Å²) in [4.78, 5) is 16.7. The monoisotopic (exact) mass is 464 g/mol. The fourth-order valence-corrected chi connectivity index (χ4v) is 6.80. The fraction of sp³-hybridized carbons (Fsp3) is 0.500. The lowest BCUT2D eigenvalue weighted by Gasteiger charge is -2.50. The molecular weight excluding hydrogens is 431 g/mol. The Balaban J connectivity index is 1.29. The van der Waals surface area contributed by atoms with E-state index in [1.807, 2.05) is 6.07 Å². The Hall–Kier alpha value is -2.57. The zero-order valence-corrected chi connectivity index (χ0v) is 19.7. The van der Waals surface area contributed by atoms with Crippen molar-refractivity contribution in [2.24, 2.45) is 17.3 Å². The van der Waals surface area contributed by atoms with E-state index in [9.17, 15) is 9.18 Å². The van der Waals surface area contributed by atoms with Crippen LogP contribution in [-0.4, -0.2) is 42.4 Å². The lowest BCUT2D eigenvalue weighted by atomic mass is 9.54. The molecule has 4 atom stereocenters. The SMILES string of the molecule is CC12CCC3c4ccc(C(=O)NCCOCCO)cc4CCC3C1CC=C2c1cncc(F)c1. The van der Waals surface area contributed by atoms with Gasteiger partial charge in [0.05, 0.1) is 26.0 Å². The Bertz CT molecular complexity index is 1100. The third kappa shape index (κ3) is 4.18. The molecule has 0 spiro atoms. The molecule has 4 unspecified atom stereocenters. The second-order valence-corrected chi connectivity index (χ2v) is 10.1. The van der Waals surface area contributed by atoms with Crippen LogP contribution in [0.15, 0.2) is 42.7 Å². The van der Waals surface area contributed by atoms with Crippen LogP contribution in [0.4, 0.5) is 4.39 Å². The van der Waals surface area contributed by atoms with Crippen molar-refractivity contribution in [2.75, 3.05) is 26.4 Å². The largest absolute Gasteiger partial charge is 0.394 e. The third-order valence-corrected chi connectivity index (χ3v) is 8.35. The molecule has 0 aliphatic heterocycles. The first-order chi connectivity index (χ1) is 16.5. The van der Waals surface area contributed by atoms with Gasteiger partial charge in [-0.25, -0.2) is 4.39 Å². The number of carbonyl (C=O) groups excluding carboxylic acids is 1. The van der Waals surface area contributed by atoms with Crippen LogP contribution in [0.2, 0.25) is 0 Å². The van der Waals surface area contributed by atoms with Gasteiger partial charge in [0.2, 0.25) is 0 Å². The van der Waals surface area contributed by atoms with Crippen molar-refractivity contribution in [3.63, 3.8) is 0 Å². The summed E-state index contributed by atoms with van der Waals surface area (Å²) in [5.74, 6) is 1.32. The van der Waals surface area contributed by atoms with Gasteiger partial charge in [-0.05, 0) is 95.7 Å². The van der Waals surface area contributed by atoms with E-state index in [-0.39, 0.29) is 30.4 Å². The number of aliphatic hydroxyl groups is 1. The minimum Gasteiger partial charge on any atom is -0.394 e. The number of benzene rings is 1. The predicted octanol–water partition coefficient (Wildman–Crippen LogP) is 4.51. The molecule has 3 aliphatic carbocycles. The van der Waals surface area contributed by atoms with E-state index >= 15 is 0 Å². The molecule has 1 aromatic heterocycles. The van der Waals surface area contributed by atoms with E-state index in [0.29, 0.717) is 36.5 Å². The highest BCUT2D eigenvalue weighted by atomic mass is 19.1. The number of hydrogen-bond donors (Lipinski definition) is 2. The van der Waals surface area contributed by atoms with Crippen molar-refractivity contribution in [1.29, 1.82) is 0 Å². The van der Waals surface area contributed by atoms with E-state index in [1.165, 1.54) is 22.9 Å². The Morgan fingerprint density at radius 2 is 2.15 bits per heavy atom. The molecule has 3 aliphatic rings. The number of aryl methyl sites for hydroxylation is 1. The molecule has 1 aromatic carbocycles. The van der Waals surface area contributed by atoms with Crippen molar-refractivity contribution in [1.82, 2.24) is 10.3 Å². The highest BCUT2D eigenvalue weighted by molar-refractivity contribution is 5.94. The summed E-state index contributed by atoms with van der Waals surface area (Å²) >= 11 is 0. The van der Waals surface area contributed by atoms with Crippen molar-refractivity contribution in [3.05, 3.63) is 70.8 Å². The quantitative estimate of drug-likeness (QED) is 0.592. The molecule has 5 nitrogen and oxygen atoms in total. The van der Waals surface area contributed by atoms with E-state index in [1.54, 1.807) is 12.3 Å². The Morgan fingerprint density at radius 3 is 2.97 bits per heavy atom. The molecule has 6 heteroatoms. The van der Waals surface area contributed by atoms with Crippen LogP contribution in [0.1, 0.15) is 65.6 Å². The molecule has 34 heavy (non-hydrogen) atoms. The number of amides is 1. The smallest absolute Gasteiger partial charge is 0.251 e. The zero-order chi connectivity index (χ0) is 23.7. The zero-order valence-electron chi connectivity index (χ0n) is 19.7. The summed E-state index contributed by atoms with van der Waals surface area (Å²) in [7, 11) is 0. The predicted molar refractivity (Wildman–Crippen MR) is 129 cm³/mol. The first-order valence-electron chi connectivity index (χ1n) is 12.4. The van der Waals surface area contributed by atoms with Gasteiger partial charge < -0.3 is 15.2 Å². The molecule has 2 N–H and O–H groups in total. The number of carbonyl (C=O) groups is 1. The lowest BCUT2D eigenvalue weighted by molar-refractivity contribution is 0.0836. The number of fused-ring (bicyclic) bond motifs is 5. The van der Waals surface area contributed by atoms with Crippen LogP contribution in [0, 0.1) is 23.1 Å². The van der Waals surface area contributed by atoms with Gasteiger partial charge in [0, 0.05) is 18.3 Å². The summed E-state index contributed by atoms with van der Waals surface area (Å²) in [5, 5.41) is 11.7. The standard InChI is InChI=1S/C28H33FN2O3/c1-28-9-8-23-22-4-3-19(27(33)31-10-12-34-13-11-32)14-18(22)2-5-24(23)26(28)7-6-25(28)20-15-21(29)17-30-16-20/h3-4,6,14-17,23-24,26,32H,2,5,7-13H2,1H3,(H,31,33). The molecule has 5 rings (SSSR count). The maximum absolute atomic E-state index is 13.9. The average Bonchev–Trinajstić information content (AvgIpc) is 3.20. The molecule has 1 heterocycles. The Kier molecular flexibility index (Phi) is 6.54. The number of ether oxygens (including phenoxy) is 1. The minimum atomic E-state index is -0.275. The number of halogens is 1. The molecule has 0 bridgehead atoms. The second kappa shape index (κ2) is 9.59. The summed E-state index contributed by atoms with van der Waals surface area (Å²) < 4.78 is 19.1. The van der Waals surface area contributed by atoms with Gasteiger partial charge in [0.1, 0.15) is 5.82 Å². The summed E-state index contributed by atoms with van der Waals surface area (Å²) in [6, 6.07) is 7.82. The Labute approximate surface area is 200 Å². The molecule has 1 fully saturated rings. The molecular formula is C28H33FN2O3. The normalized spacial score (nSPS) is 27.4. The summed E-state index contributed by atoms with van der Waals surface area (Å²) in [5.41, 5.74) is 5.66. The molecule has 0 radical (unpaired) electrons. The van der Waals surface area contributed by atoms with Gasteiger partial charge in [-0.3, -0.25) is 9.78 Å². The minimum absolute atomic E-state index is 0.0136. The Morgan fingerprint density at radius 1 is 1.26 bits per heavy atom. The third-order valence-electron chi connectivity index (χ3n) is 8.35. The van der Waals surface area contributed by atoms with E-state index < -0.39 is 0 Å². The molecule has 180 valence electrons. The maximum Gasteiger partial charge on any atom is 0.251 e. The summed E-state index contributed by atoms with van der Waals surface area (Å²) in [6.45, 7) is 3.46. The van der Waals surface area contributed by atoms with Gasteiger partial charge in [-0.1, -0.05) is 19.1 Å². The first kappa shape index (κ1) is 23.2. The average molecular weight is 465 g/mol. The maximum atomic E-state index is 13.9. The molecule has 1 saturated carbocycles. The van der Waals surface area contributed by atoms with Gasteiger partial charge in [0.25, 0.3) is 5.91 Å². The van der Waals surface area contributed by atoms with Gasteiger partial charge in [0.15, 0.2) is 0 Å². The van der Waals surface area contributed by atoms with Crippen molar-refractivity contribution >= 4 is 11.5 Å². The first-order valence-corrected chi connectivity index (χ1v) is 12.4. The van der Waals surface area contributed by atoms with Crippen LogP contribution in [-0.2, 0) is 11.2 Å². The fourth-order valence-electron chi connectivity index (χ4n) is 6.80. The van der Waals surface area contributed by atoms with Crippen LogP contribution in [0.3, 0.4) is 0 Å². The highest BCUT2D eigenvalue weighted by Crippen LogP contribution is 2.63. The number of nitrogens with one attached hydrogen (secondary N) is 1.